The molecule has 1 atom stereocenters. The Kier molecular flexibility index (Phi) is 8.41. The number of hydrogen-bond donors (Lipinski definition) is 2. The second-order valence-electron chi connectivity index (χ2n) is 6.96. The predicted molar refractivity (Wildman–Crippen MR) is 99.5 cm³/mol. The summed E-state index contributed by atoms with van der Waals surface area (Å²) in [5.41, 5.74) is 1.03. The topological polar surface area (TPSA) is 70.7 Å². The van der Waals surface area contributed by atoms with Gasteiger partial charge in [0.05, 0.1) is 26.2 Å². The van der Waals surface area contributed by atoms with Crippen LogP contribution in [0.3, 0.4) is 0 Å². The summed E-state index contributed by atoms with van der Waals surface area (Å²) in [5, 5.41) is 5.88. The second kappa shape index (κ2) is 10.0. The average molecular weight is 349 g/mol. The maximum Gasteiger partial charge on any atom is 0.234 e. The van der Waals surface area contributed by atoms with Crippen molar-refractivity contribution < 1.29 is 14.3 Å². The van der Waals surface area contributed by atoms with Crippen molar-refractivity contribution in [2.75, 3.05) is 27.2 Å². The Morgan fingerprint density at radius 2 is 1.52 bits per heavy atom. The van der Waals surface area contributed by atoms with Crippen LogP contribution in [-0.4, -0.2) is 50.0 Å². The van der Waals surface area contributed by atoms with Gasteiger partial charge in [0.25, 0.3) is 0 Å². The van der Waals surface area contributed by atoms with Crippen molar-refractivity contribution >= 4 is 11.8 Å². The van der Waals surface area contributed by atoms with Crippen molar-refractivity contribution in [2.24, 2.45) is 5.92 Å². The molecule has 0 bridgehead atoms. The molecule has 140 valence electrons. The molecule has 0 heterocycles. The van der Waals surface area contributed by atoms with Gasteiger partial charge in [-0.25, -0.2) is 0 Å². The Bertz CT molecular complexity index is 556. The Morgan fingerprint density at radius 1 is 1.00 bits per heavy atom. The number of nitrogens with one attached hydrogen (secondary N) is 2. The standard InChI is InChI=1S/C19H31N3O3/c1-13(2)19(15-7-9-16(25-6)10-8-15)21-18(24)12-22(5)11-17(23)20-14(3)4/h7-10,13-14,19H,11-12H2,1-6H3,(H,20,23)(H,21,24). The van der Waals surface area contributed by atoms with E-state index in [0.717, 1.165) is 11.3 Å². The van der Waals surface area contributed by atoms with Gasteiger partial charge in [0.1, 0.15) is 5.75 Å². The number of carbonyl (C=O) groups excluding carboxylic acids is 2. The van der Waals surface area contributed by atoms with E-state index in [0.29, 0.717) is 0 Å². The van der Waals surface area contributed by atoms with Gasteiger partial charge < -0.3 is 15.4 Å². The zero-order chi connectivity index (χ0) is 19.0. The van der Waals surface area contributed by atoms with E-state index in [1.165, 1.54) is 0 Å². The summed E-state index contributed by atoms with van der Waals surface area (Å²) in [4.78, 5) is 25.8. The van der Waals surface area contributed by atoms with Crippen LogP contribution in [0, 0.1) is 5.92 Å². The third-order valence-corrected chi connectivity index (χ3v) is 3.73. The van der Waals surface area contributed by atoms with Crippen molar-refractivity contribution in [1.82, 2.24) is 15.5 Å². The van der Waals surface area contributed by atoms with Crippen LogP contribution in [0.25, 0.3) is 0 Å². The predicted octanol–water partition coefficient (Wildman–Crippen LogP) is 1.96. The number of hydrogen-bond acceptors (Lipinski definition) is 4. The summed E-state index contributed by atoms with van der Waals surface area (Å²) in [6.45, 7) is 8.31. The lowest BCUT2D eigenvalue weighted by Gasteiger charge is -2.25. The molecule has 0 aromatic heterocycles. The van der Waals surface area contributed by atoms with Crippen LogP contribution in [0.15, 0.2) is 24.3 Å². The van der Waals surface area contributed by atoms with Crippen LogP contribution in [0.4, 0.5) is 0 Å². The first-order chi connectivity index (χ1) is 11.7. The molecular weight excluding hydrogens is 318 g/mol. The second-order valence-corrected chi connectivity index (χ2v) is 6.96. The zero-order valence-electron chi connectivity index (χ0n) is 16.1. The summed E-state index contributed by atoms with van der Waals surface area (Å²) in [6.07, 6.45) is 0. The van der Waals surface area contributed by atoms with Crippen molar-refractivity contribution in [1.29, 1.82) is 0 Å². The van der Waals surface area contributed by atoms with Gasteiger partial charge in [-0.2, -0.15) is 0 Å². The van der Waals surface area contributed by atoms with E-state index >= 15 is 0 Å². The zero-order valence-corrected chi connectivity index (χ0v) is 16.1. The summed E-state index contributed by atoms with van der Waals surface area (Å²) in [7, 11) is 3.39. The summed E-state index contributed by atoms with van der Waals surface area (Å²) in [6, 6.07) is 7.71. The molecule has 6 heteroatoms. The lowest BCUT2D eigenvalue weighted by atomic mass is 9.96. The quantitative estimate of drug-likeness (QED) is 0.715. The highest BCUT2D eigenvalue weighted by Gasteiger charge is 2.19. The fourth-order valence-electron chi connectivity index (χ4n) is 2.58. The van der Waals surface area contributed by atoms with Crippen LogP contribution in [-0.2, 0) is 9.59 Å². The normalized spacial score (nSPS) is 12.4. The number of nitrogens with zero attached hydrogens (tertiary/aromatic N) is 1. The van der Waals surface area contributed by atoms with Crippen molar-refractivity contribution in [3.05, 3.63) is 29.8 Å². The molecular formula is C19H31N3O3. The highest BCUT2D eigenvalue weighted by molar-refractivity contribution is 5.81. The third-order valence-electron chi connectivity index (χ3n) is 3.73. The SMILES string of the molecule is COc1ccc(C(NC(=O)CN(C)CC(=O)NC(C)C)C(C)C)cc1. The van der Waals surface area contributed by atoms with Crippen LogP contribution in [0.1, 0.15) is 39.3 Å². The molecule has 0 saturated carbocycles. The van der Waals surface area contributed by atoms with Crippen LogP contribution >= 0.6 is 0 Å². The maximum absolute atomic E-state index is 12.4. The van der Waals surface area contributed by atoms with E-state index in [4.69, 9.17) is 4.74 Å². The summed E-state index contributed by atoms with van der Waals surface area (Å²) in [5.74, 6) is 0.843. The first-order valence-electron chi connectivity index (χ1n) is 8.64. The highest BCUT2D eigenvalue weighted by Crippen LogP contribution is 2.23. The molecule has 25 heavy (non-hydrogen) atoms. The van der Waals surface area contributed by atoms with Gasteiger partial charge in [0, 0.05) is 6.04 Å². The number of carbonyl (C=O) groups is 2. The fraction of sp³-hybridized carbons (Fsp3) is 0.579. The maximum atomic E-state index is 12.4. The molecule has 0 fully saturated rings. The Balaban J connectivity index is 2.62. The number of ether oxygens (including phenoxy) is 1. The van der Waals surface area contributed by atoms with Crippen LogP contribution < -0.4 is 15.4 Å². The molecule has 6 nitrogen and oxygen atoms in total. The monoisotopic (exact) mass is 349 g/mol. The van der Waals surface area contributed by atoms with E-state index in [1.807, 2.05) is 38.1 Å². The Labute approximate surface area is 150 Å². The van der Waals surface area contributed by atoms with E-state index in [1.54, 1.807) is 19.1 Å². The number of rotatable bonds is 9. The molecule has 0 radical (unpaired) electrons. The van der Waals surface area contributed by atoms with Gasteiger partial charge in [-0.1, -0.05) is 26.0 Å². The number of benzene rings is 1. The van der Waals surface area contributed by atoms with E-state index in [2.05, 4.69) is 24.5 Å². The molecule has 1 unspecified atom stereocenters. The first kappa shape index (κ1) is 21.0. The average Bonchev–Trinajstić information content (AvgIpc) is 2.51. The van der Waals surface area contributed by atoms with Crippen LogP contribution in [0.2, 0.25) is 0 Å². The van der Waals surface area contributed by atoms with Gasteiger partial charge in [-0.3, -0.25) is 14.5 Å². The lowest BCUT2D eigenvalue weighted by Crippen LogP contribution is -2.43. The molecule has 0 aliphatic carbocycles. The van der Waals surface area contributed by atoms with Gasteiger partial charge in [0.15, 0.2) is 0 Å². The van der Waals surface area contributed by atoms with E-state index in [-0.39, 0.29) is 42.9 Å². The molecule has 0 aliphatic rings. The fourth-order valence-corrected chi connectivity index (χ4v) is 2.58. The van der Waals surface area contributed by atoms with Crippen molar-refractivity contribution in [3.63, 3.8) is 0 Å². The van der Waals surface area contributed by atoms with Gasteiger partial charge in [0.2, 0.25) is 11.8 Å². The molecule has 0 saturated heterocycles. The van der Waals surface area contributed by atoms with Crippen molar-refractivity contribution in [3.8, 4) is 5.75 Å². The molecule has 0 aliphatic heterocycles. The molecule has 0 spiro atoms. The molecule has 1 aromatic carbocycles. The van der Waals surface area contributed by atoms with Gasteiger partial charge in [-0.15, -0.1) is 0 Å². The van der Waals surface area contributed by atoms with Gasteiger partial charge >= 0.3 is 0 Å². The highest BCUT2D eigenvalue weighted by atomic mass is 16.5. The Hall–Kier alpha value is -2.08. The van der Waals surface area contributed by atoms with Crippen LogP contribution in [0.5, 0.6) is 5.75 Å². The smallest absolute Gasteiger partial charge is 0.234 e. The van der Waals surface area contributed by atoms with E-state index < -0.39 is 0 Å². The van der Waals surface area contributed by atoms with Crippen molar-refractivity contribution in [2.45, 2.75) is 39.8 Å². The summed E-state index contributed by atoms with van der Waals surface area (Å²) < 4.78 is 5.18. The molecule has 2 amide bonds. The van der Waals surface area contributed by atoms with Gasteiger partial charge in [-0.05, 0) is 44.5 Å². The molecule has 1 rings (SSSR count). The third kappa shape index (κ3) is 7.56. The Morgan fingerprint density at radius 3 is 1.96 bits per heavy atom. The minimum Gasteiger partial charge on any atom is -0.497 e. The van der Waals surface area contributed by atoms with E-state index in [9.17, 15) is 9.59 Å². The largest absolute Gasteiger partial charge is 0.497 e. The molecule has 1 aromatic rings. The number of likely N-dealkylation sites (N-methyl/N-ethyl adjacent to an activating group) is 1. The lowest BCUT2D eigenvalue weighted by molar-refractivity contribution is -0.125. The minimum atomic E-state index is -0.102. The minimum absolute atomic E-state index is 0.0825. The number of methoxy groups -OCH3 is 1. The first-order valence-corrected chi connectivity index (χ1v) is 8.64. The summed E-state index contributed by atoms with van der Waals surface area (Å²) >= 11 is 0. The number of amides is 2. The molecule has 2 N–H and O–H groups in total.